The van der Waals surface area contributed by atoms with Crippen LogP contribution in [0.3, 0.4) is 0 Å². The molecule has 0 spiro atoms. The number of rotatable bonds is 9. The summed E-state index contributed by atoms with van der Waals surface area (Å²) in [5.74, 6) is 0. The summed E-state index contributed by atoms with van der Waals surface area (Å²) in [4.78, 5) is 5.06. The molecule has 1 aliphatic rings. The molecule has 2 atom stereocenters. The Morgan fingerprint density at radius 1 is 1.50 bits per heavy atom. The van der Waals surface area contributed by atoms with E-state index in [4.69, 9.17) is 4.74 Å². The second kappa shape index (κ2) is 8.86. The number of hydrogen-bond donors (Lipinski definition) is 1. The monoisotopic (exact) mass is 257 g/mol. The van der Waals surface area contributed by atoms with E-state index >= 15 is 0 Å². The summed E-state index contributed by atoms with van der Waals surface area (Å²) >= 11 is 0. The molecule has 1 N–H and O–H groups in total. The zero-order valence-electron chi connectivity index (χ0n) is 12.6. The molecule has 0 aromatic heterocycles. The van der Waals surface area contributed by atoms with Crippen molar-refractivity contribution in [2.75, 3.05) is 53.5 Å². The van der Waals surface area contributed by atoms with Gasteiger partial charge in [-0.2, -0.15) is 0 Å². The van der Waals surface area contributed by atoms with Crippen LogP contribution in [-0.4, -0.2) is 75.4 Å². The predicted octanol–water partition coefficient (Wildman–Crippen LogP) is 1.03. The van der Waals surface area contributed by atoms with Crippen LogP contribution in [0.5, 0.6) is 0 Å². The van der Waals surface area contributed by atoms with Gasteiger partial charge in [0.25, 0.3) is 0 Å². The van der Waals surface area contributed by atoms with Gasteiger partial charge in [0.1, 0.15) is 0 Å². The van der Waals surface area contributed by atoms with Crippen LogP contribution in [-0.2, 0) is 4.74 Å². The molecule has 2 unspecified atom stereocenters. The molecular formula is C14H31N3O. The molecule has 4 nitrogen and oxygen atoms in total. The van der Waals surface area contributed by atoms with Gasteiger partial charge in [-0.05, 0) is 39.9 Å². The minimum atomic E-state index is 0.446. The van der Waals surface area contributed by atoms with Gasteiger partial charge in [-0.1, -0.05) is 6.92 Å². The number of nitrogens with zero attached hydrogens (tertiary/aromatic N) is 2. The summed E-state index contributed by atoms with van der Waals surface area (Å²) in [6, 6.07) is 1.22. The molecule has 0 aliphatic carbocycles. The van der Waals surface area contributed by atoms with Crippen molar-refractivity contribution < 1.29 is 4.74 Å². The first-order valence-corrected chi connectivity index (χ1v) is 7.32. The minimum absolute atomic E-state index is 0.446. The van der Waals surface area contributed by atoms with Crippen LogP contribution in [0.15, 0.2) is 0 Å². The molecule has 1 heterocycles. The van der Waals surface area contributed by atoms with Crippen molar-refractivity contribution in [2.45, 2.75) is 38.8 Å². The second-order valence-electron chi connectivity index (χ2n) is 5.50. The highest BCUT2D eigenvalue weighted by Crippen LogP contribution is 2.16. The van der Waals surface area contributed by atoms with E-state index in [1.54, 1.807) is 7.11 Å². The van der Waals surface area contributed by atoms with Crippen molar-refractivity contribution in [2.24, 2.45) is 0 Å². The summed E-state index contributed by atoms with van der Waals surface area (Å²) < 4.78 is 5.11. The standard InChI is InChI=1S/C14H31N3O/c1-5-17-9-6-7-14(17)11-16(3)10-8-15-13(2)12-18-4/h13-15H,5-12H2,1-4H3. The Balaban J connectivity index is 2.11. The zero-order chi connectivity index (χ0) is 13.4. The largest absolute Gasteiger partial charge is 0.383 e. The van der Waals surface area contributed by atoms with Crippen molar-refractivity contribution in [1.29, 1.82) is 0 Å². The molecule has 1 aliphatic heterocycles. The lowest BCUT2D eigenvalue weighted by Crippen LogP contribution is -2.42. The minimum Gasteiger partial charge on any atom is -0.383 e. The van der Waals surface area contributed by atoms with Gasteiger partial charge in [0.15, 0.2) is 0 Å². The third kappa shape index (κ3) is 5.65. The first kappa shape index (κ1) is 15.9. The van der Waals surface area contributed by atoms with Gasteiger partial charge in [-0.15, -0.1) is 0 Å². The van der Waals surface area contributed by atoms with Gasteiger partial charge in [0.2, 0.25) is 0 Å². The highest BCUT2D eigenvalue weighted by atomic mass is 16.5. The molecule has 1 saturated heterocycles. The van der Waals surface area contributed by atoms with Crippen LogP contribution in [0.1, 0.15) is 26.7 Å². The van der Waals surface area contributed by atoms with Crippen LogP contribution >= 0.6 is 0 Å². The van der Waals surface area contributed by atoms with Gasteiger partial charge in [-0.25, -0.2) is 0 Å². The van der Waals surface area contributed by atoms with E-state index in [9.17, 15) is 0 Å². The van der Waals surface area contributed by atoms with E-state index in [-0.39, 0.29) is 0 Å². The third-order valence-electron chi connectivity index (χ3n) is 3.83. The van der Waals surface area contributed by atoms with E-state index in [0.717, 1.165) is 25.7 Å². The Hall–Kier alpha value is -0.160. The van der Waals surface area contributed by atoms with Crippen molar-refractivity contribution in [3.63, 3.8) is 0 Å². The fourth-order valence-electron chi connectivity index (χ4n) is 2.78. The van der Waals surface area contributed by atoms with Gasteiger partial charge < -0.3 is 15.0 Å². The lowest BCUT2D eigenvalue weighted by Gasteiger charge is -2.28. The highest BCUT2D eigenvalue weighted by Gasteiger charge is 2.23. The number of nitrogens with one attached hydrogen (secondary N) is 1. The summed E-state index contributed by atoms with van der Waals surface area (Å²) in [7, 11) is 3.98. The number of ether oxygens (including phenoxy) is 1. The number of likely N-dealkylation sites (tertiary alicyclic amines) is 1. The average Bonchev–Trinajstić information content (AvgIpc) is 2.76. The molecule has 4 heteroatoms. The van der Waals surface area contributed by atoms with E-state index in [1.165, 1.54) is 32.5 Å². The van der Waals surface area contributed by atoms with E-state index in [1.807, 2.05) is 0 Å². The molecule has 0 amide bonds. The van der Waals surface area contributed by atoms with Gasteiger partial charge in [0.05, 0.1) is 6.61 Å². The van der Waals surface area contributed by atoms with Gasteiger partial charge in [-0.3, -0.25) is 4.90 Å². The molecular weight excluding hydrogens is 226 g/mol. The average molecular weight is 257 g/mol. The van der Waals surface area contributed by atoms with Crippen LogP contribution in [0, 0.1) is 0 Å². The second-order valence-corrected chi connectivity index (χ2v) is 5.50. The van der Waals surface area contributed by atoms with Crippen molar-refractivity contribution in [1.82, 2.24) is 15.1 Å². The molecule has 1 fully saturated rings. The first-order chi connectivity index (χ1) is 8.67. The maximum Gasteiger partial charge on any atom is 0.0613 e. The SMILES string of the molecule is CCN1CCCC1CN(C)CCNC(C)COC. The smallest absolute Gasteiger partial charge is 0.0613 e. The van der Waals surface area contributed by atoms with Crippen LogP contribution in [0.4, 0.5) is 0 Å². The van der Waals surface area contributed by atoms with Crippen molar-refractivity contribution >= 4 is 0 Å². The van der Waals surface area contributed by atoms with Crippen LogP contribution in [0.2, 0.25) is 0 Å². The maximum atomic E-state index is 5.11. The third-order valence-corrected chi connectivity index (χ3v) is 3.83. The Labute approximate surface area is 113 Å². The molecule has 0 saturated carbocycles. The lowest BCUT2D eigenvalue weighted by molar-refractivity contribution is 0.166. The molecule has 108 valence electrons. The molecule has 0 bridgehead atoms. The lowest BCUT2D eigenvalue weighted by atomic mass is 10.2. The molecule has 1 rings (SSSR count). The molecule has 0 aromatic rings. The van der Waals surface area contributed by atoms with E-state index < -0.39 is 0 Å². The molecule has 0 radical (unpaired) electrons. The Kier molecular flexibility index (Phi) is 7.82. The quantitative estimate of drug-likeness (QED) is 0.668. The molecule has 18 heavy (non-hydrogen) atoms. The predicted molar refractivity (Wildman–Crippen MR) is 77.1 cm³/mol. The summed E-state index contributed by atoms with van der Waals surface area (Å²) in [6.45, 7) is 11.1. The van der Waals surface area contributed by atoms with Gasteiger partial charge >= 0.3 is 0 Å². The van der Waals surface area contributed by atoms with Crippen molar-refractivity contribution in [3.8, 4) is 0 Å². The first-order valence-electron chi connectivity index (χ1n) is 7.32. The summed E-state index contributed by atoms with van der Waals surface area (Å²) in [5, 5.41) is 3.48. The van der Waals surface area contributed by atoms with E-state index in [2.05, 4.69) is 36.0 Å². The molecule has 0 aromatic carbocycles. The van der Waals surface area contributed by atoms with Crippen molar-refractivity contribution in [3.05, 3.63) is 0 Å². The normalized spacial score (nSPS) is 22.8. The van der Waals surface area contributed by atoms with Gasteiger partial charge in [0, 0.05) is 38.8 Å². The number of hydrogen-bond acceptors (Lipinski definition) is 4. The summed E-state index contributed by atoms with van der Waals surface area (Å²) in [5.41, 5.74) is 0. The number of methoxy groups -OCH3 is 1. The Morgan fingerprint density at radius 2 is 2.28 bits per heavy atom. The fourth-order valence-corrected chi connectivity index (χ4v) is 2.78. The highest BCUT2D eigenvalue weighted by molar-refractivity contribution is 4.80. The number of likely N-dealkylation sites (N-methyl/N-ethyl adjacent to an activating group) is 2. The maximum absolute atomic E-state index is 5.11. The topological polar surface area (TPSA) is 27.7 Å². The fraction of sp³-hybridized carbons (Fsp3) is 1.00. The van der Waals surface area contributed by atoms with E-state index in [0.29, 0.717) is 6.04 Å². The van der Waals surface area contributed by atoms with Crippen LogP contribution < -0.4 is 5.32 Å². The zero-order valence-corrected chi connectivity index (χ0v) is 12.6. The van der Waals surface area contributed by atoms with Crippen LogP contribution in [0.25, 0.3) is 0 Å². The summed E-state index contributed by atoms with van der Waals surface area (Å²) in [6.07, 6.45) is 2.74. The Morgan fingerprint density at radius 3 is 2.94 bits per heavy atom. The Bertz CT molecular complexity index is 213.